The Morgan fingerprint density at radius 3 is 2.07 bits per heavy atom. The standard InChI is InChI=1S/C24H30N2O3/c1-19-6-5-9-21(18-19)22(25-10-14-28-15-11-25)23(26-12-16-29-17-13-26)24(27)20-7-3-2-4-8-20/h2-9,18,22-23H,10-17H2,1H3. The van der Waals surface area contributed by atoms with Crippen LogP contribution in [0, 0.1) is 6.92 Å². The van der Waals surface area contributed by atoms with Gasteiger partial charge in [-0.25, -0.2) is 0 Å². The van der Waals surface area contributed by atoms with Crippen molar-refractivity contribution in [3.8, 4) is 0 Å². The predicted octanol–water partition coefficient (Wildman–Crippen LogP) is 2.95. The summed E-state index contributed by atoms with van der Waals surface area (Å²) < 4.78 is 11.2. The second kappa shape index (κ2) is 9.63. The lowest BCUT2D eigenvalue weighted by Crippen LogP contribution is -2.55. The average Bonchev–Trinajstić information content (AvgIpc) is 2.79. The summed E-state index contributed by atoms with van der Waals surface area (Å²) in [5.74, 6) is 0.186. The molecule has 0 N–H and O–H groups in total. The lowest BCUT2D eigenvalue weighted by Gasteiger charge is -2.44. The van der Waals surface area contributed by atoms with Gasteiger partial charge in [0.2, 0.25) is 0 Å². The van der Waals surface area contributed by atoms with Crippen LogP contribution in [0.25, 0.3) is 0 Å². The first-order valence-electron chi connectivity index (χ1n) is 10.5. The van der Waals surface area contributed by atoms with E-state index in [1.807, 2.05) is 30.3 Å². The number of hydrogen-bond acceptors (Lipinski definition) is 5. The van der Waals surface area contributed by atoms with E-state index >= 15 is 0 Å². The zero-order valence-corrected chi connectivity index (χ0v) is 17.1. The second-order valence-electron chi connectivity index (χ2n) is 7.83. The van der Waals surface area contributed by atoms with Gasteiger partial charge in [0.05, 0.1) is 38.5 Å². The molecular weight excluding hydrogens is 364 g/mol. The summed E-state index contributed by atoms with van der Waals surface area (Å²) in [5.41, 5.74) is 3.19. The van der Waals surface area contributed by atoms with Crippen molar-refractivity contribution in [2.75, 3.05) is 52.6 Å². The molecule has 29 heavy (non-hydrogen) atoms. The van der Waals surface area contributed by atoms with Gasteiger partial charge in [0.15, 0.2) is 5.78 Å². The quantitative estimate of drug-likeness (QED) is 0.705. The molecule has 0 bridgehead atoms. The van der Waals surface area contributed by atoms with Crippen molar-refractivity contribution in [1.29, 1.82) is 0 Å². The van der Waals surface area contributed by atoms with Crippen LogP contribution in [0.15, 0.2) is 54.6 Å². The molecular formula is C24H30N2O3. The molecule has 2 heterocycles. The van der Waals surface area contributed by atoms with Crippen molar-refractivity contribution in [3.63, 3.8) is 0 Å². The Hall–Kier alpha value is -2.05. The Kier molecular flexibility index (Phi) is 6.72. The lowest BCUT2D eigenvalue weighted by atomic mass is 9.89. The summed E-state index contributed by atoms with van der Waals surface area (Å²) in [6, 6.07) is 18.1. The topological polar surface area (TPSA) is 42.0 Å². The highest BCUT2D eigenvalue weighted by molar-refractivity contribution is 6.00. The first kappa shape index (κ1) is 20.2. The summed E-state index contributed by atoms with van der Waals surface area (Å²) in [4.78, 5) is 18.6. The zero-order valence-electron chi connectivity index (χ0n) is 17.1. The van der Waals surface area contributed by atoms with Crippen LogP contribution >= 0.6 is 0 Å². The third kappa shape index (κ3) is 4.75. The van der Waals surface area contributed by atoms with E-state index in [0.717, 1.165) is 31.7 Å². The maximum Gasteiger partial charge on any atom is 0.181 e. The first-order chi connectivity index (χ1) is 14.2. The number of morpholine rings is 2. The Labute approximate surface area is 173 Å². The Balaban J connectivity index is 1.77. The summed E-state index contributed by atoms with van der Waals surface area (Å²) in [5, 5.41) is 0. The minimum Gasteiger partial charge on any atom is -0.379 e. The van der Waals surface area contributed by atoms with Crippen molar-refractivity contribution in [2.45, 2.75) is 19.0 Å². The second-order valence-corrected chi connectivity index (χ2v) is 7.83. The van der Waals surface area contributed by atoms with Gasteiger partial charge < -0.3 is 9.47 Å². The molecule has 4 rings (SSSR count). The number of rotatable bonds is 6. The summed E-state index contributed by atoms with van der Waals surface area (Å²) in [7, 11) is 0. The molecule has 0 spiro atoms. The molecule has 0 aromatic heterocycles. The summed E-state index contributed by atoms with van der Waals surface area (Å²) in [6.45, 7) is 8.08. The third-order valence-electron chi connectivity index (χ3n) is 5.89. The summed E-state index contributed by atoms with van der Waals surface area (Å²) >= 11 is 0. The van der Waals surface area contributed by atoms with Gasteiger partial charge >= 0.3 is 0 Å². The van der Waals surface area contributed by atoms with E-state index in [1.165, 1.54) is 11.1 Å². The van der Waals surface area contributed by atoms with Crippen LogP contribution in [-0.4, -0.2) is 74.2 Å². The molecule has 154 valence electrons. The fraction of sp³-hybridized carbons (Fsp3) is 0.458. The molecule has 0 amide bonds. The van der Waals surface area contributed by atoms with Crippen LogP contribution in [0.1, 0.15) is 27.5 Å². The van der Waals surface area contributed by atoms with Gasteiger partial charge in [-0.3, -0.25) is 14.6 Å². The van der Waals surface area contributed by atoms with E-state index in [2.05, 4.69) is 41.0 Å². The molecule has 0 saturated carbocycles. The molecule has 2 atom stereocenters. The number of carbonyl (C=O) groups is 1. The molecule has 5 nitrogen and oxygen atoms in total. The van der Waals surface area contributed by atoms with E-state index in [1.54, 1.807) is 0 Å². The smallest absolute Gasteiger partial charge is 0.181 e. The van der Waals surface area contributed by atoms with Crippen molar-refractivity contribution in [3.05, 3.63) is 71.3 Å². The molecule has 5 heteroatoms. The average molecular weight is 395 g/mol. The molecule has 2 aromatic rings. The van der Waals surface area contributed by atoms with Crippen LogP contribution in [-0.2, 0) is 9.47 Å². The molecule has 2 fully saturated rings. The number of nitrogens with zero attached hydrogens (tertiary/aromatic N) is 2. The van der Waals surface area contributed by atoms with Crippen LogP contribution < -0.4 is 0 Å². The molecule has 2 unspecified atom stereocenters. The highest BCUT2D eigenvalue weighted by atomic mass is 16.5. The van der Waals surface area contributed by atoms with Gasteiger partial charge in [-0.15, -0.1) is 0 Å². The highest BCUT2D eigenvalue weighted by Crippen LogP contribution is 2.32. The Morgan fingerprint density at radius 1 is 0.828 bits per heavy atom. The highest BCUT2D eigenvalue weighted by Gasteiger charge is 2.39. The SMILES string of the molecule is Cc1cccc(C(C(C(=O)c2ccccc2)N2CCOCC2)N2CCOCC2)c1. The molecule has 0 aliphatic carbocycles. The third-order valence-corrected chi connectivity index (χ3v) is 5.89. The van der Waals surface area contributed by atoms with Gasteiger partial charge in [-0.2, -0.15) is 0 Å². The Morgan fingerprint density at radius 2 is 1.45 bits per heavy atom. The largest absolute Gasteiger partial charge is 0.379 e. The molecule has 2 saturated heterocycles. The van der Waals surface area contributed by atoms with Gasteiger partial charge in [-0.05, 0) is 12.5 Å². The number of ketones is 1. The van der Waals surface area contributed by atoms with E-state index in [4.69, 9.17) is 9.47 Å². The normalized spacial score (nSPS) is 20.9. The lowest BCUT2D eigenvalue weighted by molar-refractivity contribution is -0.0301. The fourth-order valence-corrected chi connectivity index (χ4v) is 4.44. The first-order valence-corrected chi connectivity index (χ1v) is 10.5. The van der Waals surface area contributed by atoms with Crippen molar-refractivity contribution >= 4 is 5.78 Å². The maximum absolute atomic E-state index is 13.8. The van der Waals surface area contributed by atoms with Gasteiger partial charge in [0.25, 0.3) is 0 Å². The number of carbonyl (C=O) groups excluding carboxylic acids is 1. The van der Waals surface area contributed by atoms with Gasteiger partial charge in [-0.1, -0.05) is 60.2 Å². The molecule has 2 aromatic carbocycles. The van der Waals surface area contributed by atoms with Crippen LogP contribution in [0.4, 0.5) is 0 Å². The van der Waals surface area contributed by atoms with Crippen LogP contribution in [0.5, 0.6) is 0 Å². The number of ether oxygens (including phenoxy) is 2. The fourth-order valence-electron chi connectivity index (χ4n) is 4.44. The van der Waals surface area contributed by atoms with Gasteiger partial charge in [0.1, 0.15) is 0 Å². The van der Waals surface area contributed by atoms with Crippen molar-refractivity contribution in [1.82, 2.24) is 9.80 Å². The van der Waals surface area contributed by atoms with Crippen LogP contribution in [0.3, 0.4) is 0 Å². The predicted molar refractivity (Wildman–Crippen MR) is 113 cm³/mol. The minimum atomic E-state index is -0.249. The zero-order chi connectivity index (χ0) is 20.1. The monoisotopic (exact) mass is 394 g/mol. The van der Waals surface area contributed by atoms with Gasteiger partial charge in [0, 0.05) is 31.7 Å². The number of hydrogen-bond donors (Lipinski definition) is 0. The molecule has 0 radical (unpaired) electrons. The van der Waals surface area contributed by atoms with Crippen molar-refractivity contribution < 1.29 is 14.3 Å². The van der Waals surface area contributed by atoms with Crippen LogP contribution in [0.2, 0.25) is 0 Å². The molecule has 2 aliphatic rings. The number of Topliss-reactive ketones (excluding diaryl/α,β-unsaturated/α-hetero) is 1. The maximum atomic E-state index is 13.8. The van der Waals surface area contributed by atoms with E-state index < -0.39 is 0 Å². The number of benzene rings is 2. The summed E-state index contributed by atoms with van der Waals surface area (Å²) in [6.07, 6.45) is 0. The van der Waals surface area contributed by atoms with E-state index in [9.17, 15) is 4.79 Å². The minimum absolute atomic E-state index is 0.00962. The molecule has 2 aliphatic heterocycles. The Bertz CT molecular complexity index is 799. The number of aryl methyl sites for hydroxylation is 1. The van der Waals surface area contributed by atoms with Crippen molar-refractivity contribution in [2.24, 2.45) is 0 Å². The van der Waals surface area contributed by atoms with E-state index in [0.29, 0.717) is 26.4 Å². The van der Waals surface area contributed by atoms with E-state index in [-0.39, 0.29) is 17.9 Å².